The lowest BCUT2D eigenvalue weighted by molar-refractivity contribution is 0.419. The van der Waals surface area contributed by atoms with E-state index >= 15 is 0 Å². The van der Waals surface area contributed by atoms with Crippen molar-refractivity contribution in [2.24, 2.45) is 0 Å². The van der Waals surface area contributed by atoms with Gasteiger partial charge in [0.2, 0.25) is 0 Å². The summed E-state index contributed by atoms with van der Waals surface area (Å²) in [7, 11) is -0.130. The summed E-state index contributed by atoms with van der Waals surface area (Å²) >= 11 is 3.45. The van der Waals surface area contributed by atoms with Crippen molar-refractivity contribution in [1.82, 2.24) is 8.61 Å². The standard InChI is InChI=1S/C12H17BrN2O2S/c1-14(2)18(16,17)15-7-6-11(9-15)10-4-3-5-12(13)8-10/h3-5,8,11H,6-7,9H2,1-2H3. The van der Waals surface area contributed by atoms with Crippen LogP contribution in [-0.4, -0.2) is 44.2 Å². The summed E-state index contributed by atoms with van der Waals surface area (Å²) in [6, 6.07) is 8.09. The van der Waals surface area contributed by atoms with Gasteiger partial charge in [0, 0.05) is 31.7 Å². The fourth-order valence-electron chi connectivity index (χ4n) is 2.20. The first-order valence-electron chi connectivity index (χ1n) is 5.84. The van der Waals surface area contributed by atoms with Crippen LogP contribution in [0.5, 0.6) is 0 Å². The van der Waals surface area contributed by atoms with Crippen LogP contribution < -0.4 is 0 Å². The summed E-state index contributed by atoms with van der Waals surface area (Å²) in [5.41, 5.74) is 1.20. The van der Waals surface area contributed by atoms with Gasteiger partial charge in [-0.2, -0.15) is 17.0 Å². The quantitative estimate of drug-likeness (QED) is 0.849. The Bertz CT molecular complexity index is 531. The Morgan fingerprint density at radius 1 is 1.39 bits per heavy atom. The van der Waals surface area contributed by atoms with E-state index in [1.54, 1.807) is 18.4 Å². The van der Waals surface area contributed by atoms with Crippen molar-refractivity contribution in [3.63, 3.8) is 0 Å². The average Bonchev–Trinajstić information content (AvgIpc) is 2.78. The molecule has 1 fully saturated rings. The van der Waals surface area contributed by atoms with Crippen LogP contribution in [0.4, 0.5) is 0 Å². The zero-order chi connectivity index (χ0) is 13.3. The van der Waals surface area contributed by atoms with Gasteiger partial charge in [-0.25, -0.2) is 0 Å². The fourth-order valence-corrected chi connectivity index (χ4v) is 3.78. The van der Waals surface area contributed by atoms with E-state index in [1.165, 1.54) is 9.87 Å². The molecule has 100 valence electrons. The zero-order valence-corrected chi connectivity index (χ0v) is 12.9. The van der Waals surface area contributed by atoms with Gasteiger partial charge in [0.1, 0.15) is 0 Å². The largest absolute Gasteiger partial charge is 0.281 e. The Labute approximate surface area is 117 Å². The van der Waals surface area contributed by atoms with Crippen molar-refractivity contribution in [3.05, 3.63) is 34.3 Å². The normalized spacial score (nSPS) is 21.7. The molecule has 0 saturated carbocycles. The highest BCUT2D eigenvalue weighted by Crippen LogP contribution is 2.30. The maximum absolute atomic E-state index is 12.0. The van der Waals surface area contributed by atoms with E-state index in [1.807, 2.05) is 12.1 Å². The highest BCUT2D eigenvalue weighted by molar-refractivity contribution is 9.10. The van der Waals surface area contributed by atoms with E-state index in [0.29, 0.717) is 13.1 Å². The predicted octanol–water partition coefficient (Wildman–Crippen LogP) is 2.04. The molecule has 18 heavy (non-hydrogen) atoms. The molecule has 1 unspecified atom stereocenters. The molecule has 0 bridgehead atoms. The molecule has 2 rings (SSSR count). The monoisotopic (exact) mass is 332 g/mol. The lowest BCUT2D eigenvalue weighted by Gasteiger charge is -2.20. The predicted molar refractivity (Wildman–Crippen MR) is 75.7 cm³/mol. The molecule has 0 spiro atoms. The van der Waals surface area contributed by atoms with E-state index < -0.39 is 10.2 Å². The average molecular weight is 333 g/mol. The van der Waals surface area contributed by atoms with Crippen LogP contribution in [0.1, 0.15) is 17.9 Å². The van der Waals surface area contributed by atoms with Gasteiger partial charge in [-0.1, -0.05) is 28.1 Å². The van der Waals surface area contributed by atoms with Crippen molar-refractivity contribution in [1.29, 1.82) is 0 Å². The first-order chi connectivity index (χ1) is 8.41. The highest BCUT2D eigenvalue weighted by Gasteiger charge is 2.33. The Morgan fingerprint density at radius 2 is 2.11 bits per heavy atom. The first-order valence-corrected chi connectivity index (χ1v) is 8.03. The molecule has 1 heterocycles. The topological polar surface area (TPSA) is 40.6 Å². The third-order valence-electron chi connectivity index (χ3n) is 3.26. The van der Waals surface area contributed by atoms with Crippen LogP contribution in [0, 0.1) is 0 Å². The van der Waals surface area contributed by atoms with Crippen molar-refractivity contribution < 1.29 is 8.42 Å². The van der Waals surface area contributed by atoms with Gasteiger partial charge in [0.25, 0.3) is 10.2 Å². The summed E-state index contributed by atoms with van der Waals surface area (Å²) in [4.78, 5) is 0. The number of hydrogen-bond acceptors (Lipinski definition) is 2. The molecule has 0 N–H and O–H groups in total. The first kappa shape index (κ1) is 14.0. The fraction of sp³-hybridized carbons (Fsp3) is 0.500. The van der Waals surface area contributed by atoms with Crippen LogP contribution in [0.2, 0.25) is 0 Å². The van der Waals surface area contributed by atoms with E-state index in [9.17, 15) is 8.42 Å². The molecule has 0 amide bonds. The molecule has 1 atom stereocenters. The zero-order valence-electron chi connectivity index (χ0n) is 10.5. The smallest absolute Gasteiger partial charge is 0.195 e. The van der Waals surface area contributed by atoms with Gasteiger partial charge >= 0.3 is 0 Å². The number of rotatable bonds is 3. The minimum absolute atomic E-state index is 0.289. The molecular weight excluding hydrogens is 316 g/mol. The van der Waals surface area contributed by atoms with Gasteiger partial charge in [-0.15, -0.1) is 0 Å². The lowest BCUT2D eigenvalue weighted by Crippen LogP contribution is -2.38. The second-order valence-electron chi connectivity index (χ2n) is 4.69. The summed E-state index contributed by atoms with van der Waals surface area (Å²) in [6.07, 6.45) is 0.878. The summed E-state index contributed by atoms with van der Waals surface area (Å²) in [6.45, 7) is 1.16. The number of halogens is 1. The number of benzene rings is 1. The van der Waals surface area contributed by atoms with Gasteiger partial charge in [0.15, 0.2) is 0 Å². The Kier molecular flexibility index (Phi) is 4.11. The number of nitrogens with zero attached hydrogens (tertiary/aromatic N) is 2. The molecule has 0 aromatic heterocycles. The molecule has 1 aliphatic heterocycles. The van der Waals surface area contributed by atoms with E-state index in [0.717, 1.165) is 10.9 Å². The molecule has 0 radical (unpaired) electrons. The van der Waals surface area contributed by atoms with E-state index in [-0.39, 0.29) is 5.92 Å². The minimum Gasteiger partial charge on any atom is -0.195 e. The molecular formula is C12H17BrN2O2S. The summed E-state index contributed by atoms with van der Waals surface area (Å²) in [5.74, 6) is 0.289. The van der Waals surface area contributed by atoms with Crippen molar-refractivity contribution >= 4 is 26.1 Å². The van der Waals surface area contributed by atoms with E-state index in [2.05, 4.69) is 28.1 Å². The van der Waals surface area contributed by atoms with Crippen molar-refractivity contribution in [2.45, 2.75) is 12.3 Å². The maximum Gasteiger partial charge on any atom is 0.281 e. The minimum atomic E-state index is -3.27. The maximum atomic E-state index is 12.0. The van der Waals surface area contributed by atoms with Gasteiger partial charge < -0.3 is 0 Å². The number of hydrogen-bond donors (Lipinski definition) is 0. The Hall–Kier alpha value is -0.430. The third-order valence-corrected chi connectivity index (χ3v) is 5.66. The van der Waals surface area contributed by atoms with Crippen molar-refractivity contribution in [2.75, 3.05) is 27.2 Å². The molecule has 1 aromatic carbocycles. The van der Waals surface area contributed by atoms with Crippen molar-refractivity contribution in [3.8, 4) is 0 Å². The second-order valence-corrected chi connectivity index (χ2v) is 7.75. The molecule has 6 heteroatoms. The molecule has 4 nitrogen and oxygen atoms in total. The molecule has 1 saturated heterocycles. The van der Waals surface area contributed by atoms with Crippen LogP contribution >= 0.6 is 15.9 Å². The van der Waals surface area contributed by atoms with Gasteiger partial charge in [0.05, 0.1) is 0 Å². The third kappa shape index (κ3) is 2.77. The van der Waals surface area contributed by atoms with Gasteiger partial charge in [-0.3, -0.25) is 0 Å². The Balaban J connectivity index is 2.14. The van der Waals surface area contributed by atoms with Crippen LogP contribution in [0.25, 0.3) is 0 Å². The molecule has 0 aliphatic carbocycles. The van der Waals surface area contributed by atoms with E-state index in [4.69, 9.17) is 0 Å². The molecule has 1 aromatic rings. The second kappa shape index (κ2) is 5.28. The highest BCUT2D eigenvalue weighted by atomic mass is 79.9. The molecule has 1 aliphatic rings. The summed E-state index contributed by atoms with van der Waals surface area (Å²) in [5, 5.41) is 0. The SMILES string of the molecule is CN(C)S(=O)(=O)N1CCC(c2cccc(Br)c2)C1. The van der Waals surface area contributed by atoms with Crippen LogP contribution in [0.15, 0.2) is 28.7 Å². The lowest BCUT2D eigenvalue weighted by atomic mass is 9.99. The summed E-state index contributed by atoms with van der Waals surface area (Å²) < 4.78 is 27.9. The van der Waals surface area contributed by atoms with Crippen LogP contribution in [-0.2, 0) is 10.2 Å². The van der Waals surface area contributed by atoms with Gasteiger partial charge in [-0.05, 0) is 30.0 Å². The van der Waals surface area contributed by atoms with Crippen LogP contribution in [0.3, 0.4) is 0 Å². The Morgan fingerprint density at radius 3 is 2.72 bits per heavy atom.